The Morgan fingerprint density at radius 3 is 1.78 bits per heavy atom. The minimum atomic E-state index is -2.26. The zero-order chi connectivity index (χ0) is 69.5. The van der Waals surface area contributed by atoms with Gasteiger partial charge in [0.2, 0.25) is 6.29 Å². The fraction of sp³-hybridized carbons (Fsp3) is 0.952. The molecule has 0 aromatic heterocycles. The van der Waals surface area contributed by atoms with Crippen molar-refractivity contribution in [2.24, 2.45) is 50.2 Å². The van der Waals surface area contributed by atoms with Crippen LogP contribution < -0.4 is 0 Å². The van der Waals surface area contributed by atoms with Crippen LogP contribution in [0.15, 0.2) is 11.6 Å². The molecule has 6 aliphatic heterocycles. The number of aliphatic hydroxyl groups excluding tert-OH is 18. The Morgan fingerprint density at radius 2 is 1.13 bits per heavy atom. The summed E-state index contributed by atoms with van der Waals surface area (Å²) in [6, 6.07) is 0. The van der Waals surface area contributed by atoms with E-state index in [1.165, 1.54) is 13.8 Å². The van der Waals surface area contributed by atoms with Crippen molar-refractivity contribution in [1.82, 2.24) is 0 Å². The monoisotopic (exact) mass is 1370 g/mol. The Balaban J connectivity index is 0.849. The molecule has 10 fully saturated rings. The Hall–Kier alpha value is -1.99. The maximum absolute atomic E-state index is 15.7. The normalized spacial score (nSPS) is 56.3. The van der Waals surface area contributed by atoms with Crippen molar-refractivity contribution in [2.45, 2.75) is 284 Å². The first-order valence-electron chi connectivity index (χ1n) is 33.2. The molecule has 32 heteroatoms. The van der Waals surface area contributed by atoms with Gasteiger partial charge in [-0.15, -0.1) is 0 Å². The predicted octanol–water partition coefficient (Wildman–Crippen LogP) is -6.53. The number of ether oxygens (including phenoxy) is 12. The molecule has 95 heavy (non-hydrogen) atoms. The van der Waals surface area contributed by atoms with Crippen LogP contribution in [0, 0.1) is 50.2 Å². The molecule has 546 valence electrons. The molecule has 11 aliphatic rings. The maximum atomic E-state index is 15.7. The van der Waals surface area contributed by atoms with Crippen molar-refractivity contribution in [2.75, 3.05) is 39.6 Å². The lowest BCUT2D eigenvalue weighted by atomic mass is 9.32. The zero-order valence-electron chi connectivity index (χ0n) is 54.5. The molecule has 4 saturated carbocycles. The Bertz CT molecular complexity index is 2720. The van der Waals surface area contributed by atoms with Crippen molar-refractivity contribution < 1.29 is 159 Å². The van der Waals surface area contributed by atoms with E-state index < -0.39 is 274 Å². The van der Waals surface area contributed by atoms with Gasteiger partial charge in [0.15, 0.2) is 37.6 Å². The topological polar surface area (TPSA) is 512 Å². The first-order valence-corrected chi connectivity index (χ1v) is 33.2. The summed E-state index contributed by atoms with van der Waals surface area (Å²) in [6.45, 7) is 10.4. The minimum Gasteiger partial charge on any atom is -0.432 e. The molecular weight excluding hydrogens is 1270 g/mol. The van der Waals surface area contributed by atoms with Crippen LogP contribution in [0.25, 0.3) is 0 Å². The van der Waals surface area contributed by atoms with E-state index in [1.54, 1.807) is 6.92 Å². The number of carbonyl (C=O) groups is 1. The third-order valence-corrected chi connectivity index (χ3v) is 24.5. The highest BCUT2D eigenvalue weighted by Gasteiger charge is 2.75. The van der Waals surface area contributed by atoms with E-state index in [0.717, 1.165) is 5.57 Å². The van der Waals surface area contributed by atoms with Gasteiger partial charge in [-0.2, -0.15) is 0 Å². The lowest BCUT2D eigenvalue weighted by Gasteiger charge is -2.73. The highest BCUT2D eigenvalue weighted by Crippen LogP contribution is 2.76. The van der Waals surface area contributed by atoms with Crippen molar-refractivity contribution in [1.29, 1.82) is 0 Å². The summed E-state index contributed by atoms with van der Waals surface area (Å²) in [4.78, 5) is 15.7. The smallest absolute Gasteiger partial charge is 0.317 e. The van der Waals surface area contributed by atoms with Crippen molar-refractivity contribution >= 4 is 5.97 Å². The van der Waals surface area contributed by atoms with Gasteiger partial charge in [-0.3, -0.25) is 4.79 Å². The van der Waals surface area contributed by atoms with Crippen LogP contribution in [0.2, 0.25) is 0 Å². The van der Waals surface area contributed by atoms with Crippen LogP contribution in [0.1, 0.15) is 100 Å². The molecule has 0 aromatic rings. The summed E-state index contributed by atoms with van der Waals surface area (Å²) in [5.41, 5.74) is -7.79. The van der Waals surface area contributed by atoms with Crippen LogP contribution in [-0.2, 0) is 61.6 Å². The van der Waals surface area contributed by atoms with Crippen LogP contribution >= 0.6 is 0 Å². The lowest BCUT2D eigenvalue weighted by Crippen LogP contribution is -2.73. The largest absolute Gasteiger partial charge is 0.432 e. The van der Waals surface area contributed by atoms with Gasteiger partial charge in [-0.1, -0.05) is 53.2 Å². The summed E-state index contributed by atoms with van der Waals surface area (Å²) >= 11 is 0. The average Bonchev–Trinajstić information content (AvgIpc) is 0.940. The summed E-state index contributed by atoms with van der Waals surface area (Å²) in [5, 5.41) is 213. The van der Waals surface area contributed by atoms with Crippen molar-refractivity contribution in [3.63, 3.8) is 0 Å². The van der Waals surface area contributed by atoms with E-state index in [2.05, 4.69) is 6.08 Å². The highest BCUT2D eigenvalue weighted by atomic mass is 16.8. The minimum absolute atomic E-state index is 0.00971. The number of fused-ring (bicyclic) bond motifs is 7. The van der Waals surface area contributed by atoms with Gasteiger partial charge in [0, 0.05) is 11.3 Å². The quantitative estimate of drug-likeness (QED) is 0.0412. The van der Waals surface area contributed by atoms with E-state index in [-0.39, 0.29) is 31.6 Å². The van der Waals surface area contributed by atoms with Gasteiger partial charge in [0.1, 0.15) is 109 Å². The summed E-state index contributed by atoms with van der Waals surface area (Å²) in [5.74, 6) is -2.81. The first kappa shape index (κ1) is 74.2. The number of rotatable bonds is 15. The second-order valence-corrected chi connectivity index (χ2v) is 30.9. The number of hydrogen-bond donors (Lipinski definition) is 19. The third kappa shape index (κ3) is 12.2. The van der Waals surface area contributed by atoms with Gasteiger partial charge >= 0.3 is 5.97 Å². The molecule has 38 atom stereocenters. The van der Waals surface area contributed by atoms with Gasteiger partial charge < -0.3 is 154 Å². The van der Waals surface area contributed by atoms with Crippen LogP contribution in [-0.4, -0.2) is 326 Å². The molecule has 11 rings (SSSR count). The summed E-state index contributed by atoms with van der Waals surface area (Å²) < 4.78 is 71.7. The molecule has 6 heterocycles. The van der Waals surface area contributed by atoms with Crippen molar-refractivity contribution in [3.05, 3.63) is 11.6 Å². The molecule has 0 amide bonds. The molecule has 19 N–H and O–H groups in total. The Labute approximate surface area is 548 Å². The molecule has 6 saturated heterocycles. The van der Waals surface area contributed by atoms with E-state index in [0.29, 0.717) is 19.3 Å². The molecule has 0 radical (unpaired) electrons. The zero-order valence-corrected chi connectivity index (χ0v) is 54.5. The fourth-order valence-corrected chi connectivity index (χ4v) is 19.0. The second-order valence-electron chi connectivity index (χ2n) is 30.9. The molecule has 0 unspecified atom stereocenters. The van der Waals surface area contributed by atoms with Crippen LogP contribution in [0.5, 0.6) is 0 Å². The van der Waals surface area contributed by atoms with E-state index in [9.17, 15) is 97.0 Å². The van der Waals surface area contributed by atoms with Gasteiger partial charge in [0.25, 0.3) is 0 Å². The molecule has 0 spiro atoms. The summed E-state index contributed by atoms with van der Waals surface area (Å²) in [7, 11) is 0. The molecule has 5 aliphatic carbocycles. The standard InChI is InChI=1S/C63H102O32/c1-23-34(72)37(75)39(77)51(87-23)91-44-30(70)19-84-50(41(44)79)90-43-24(2)88-53(42(80)45(43)92-55-48(81)62(83,21-66)22-86-55)93-46-35(73)29(69)18-85-54(46)95-56(82)63-12-11-57(3,4)13-26(63)25-9-10-32-58(5)14-28(68)49(94-52-40(78)38(76)36(74)31(17-64)89-52)59(6,20-65)47(58)27(67)15-61(32,8)60(25,7)16-33(63)71/h9,23-24,26-55,64-81,83H,10-22H2,1-8H3/t23-,24-,26+,27+,28-,29-,30+,31+,32+,33+,34-,35-,36+,37+,38-,39+,40+,41+,42+,43-,44-,45-,46+,47+,48-,49-,50-,51-,52-,53-,54-,55-,58+,59-,60+,61+,62+,63+/m0/s1. The SMILES string of the molecule is C[C@@H]1O[C@@H](O[C@@H]2[C@@H](O)[C@H](O[C@@H]3[C@@H](O[C@@H]4OC[C@](O)(CO)[C@H]4O)[C@@H](O)[C@H](O[C@H]4[C@H](OC(=O)[C@]56CCC(C)(C)C[C@@H]5C5=CC[C@@H]7[C@@]8(C)C[C@H](O)[C@H](O[C@@H]9O[C@H](CO)[C@@H](O)[C@H](O)[C@H]9O)[C@@](C)(CO)[C@@H]8[C@H](O)C[C@@]7(C)[C@]5(C)C[C@H]6O)OC[C@H](O)[C@@H]4O)O[C@H]3C)OC[C@H]2O)[C@H](O)[C@H](O)[C@H]1O. The first-order chi connectivity index (χ1) is 44.4. The number of esters is 1. The van der Waals surface area contributed by atoms with Crippen LogP contribution in [0.3, 0.4) is 0 Å². The van der Waals surface area contributed by atoms with Crippen LogP contribution in [0.4, 0.5) is 0 Å². The Morgan fingerprint density at radius 1 is 0.537 bits per heavy atom. The van der Waals surface area contributed by atoms with Gasteiger partial charge in [-0.05, 0) is 92.3 Å². The molecule has 0 aromatic carbocycles. The van der Waals surface area contributed by atoms with Crippen molar-refractivity contribution in [3.8, 4) is 0 Å². The van der Waals surface area contributed by atoms with E-state index in [4.69, 9.17) is 56.8 Å². The van der Waals surface area contributed by atoms with Gasteiger partial charge in [0.05, 0.1) is 76.3 Å². The third-order valence-electron chi connectivity index (χ3n) is 24.5. The molecule has 32 nitrogen and oxygen atoms in total. The number of aliphatic hydroxyl groups is 19. The molecular formula is C63H102O32. The number of carbonyl (C=O) groups excluding carboxylic acids is 1. The average molecular weight is 1370 g/mol. The predicted molar refractivity (Wildman–Crippen MR) is 313 cm³/mol. The number of allylic oxidation sites excluding steroid dienone is 2. The lowest BCUT2D eigenvalue weighted by molar-refractivity contribution is -0.387. The molecule has 0 bridgehead atoms. The summed E-state index contributed by atoms with van der Waals surface area (Å²) in [6.07, 6.45) is -45.1. The fourth-order valence-electron chi connectivity index (χ4n) is 19.0. The van der Waals surface area contributed by atoms with Gasteiger partial charge in [-0.25, -0.2) is 0 Å². The van der Waals surface area contributed by atoms with E-state index in [1.807, 2.05) is 34.6 Å². The maximum Gasteiger partial charge on any atom is 0.317 e. The second kappa shape index (κ2) is 27.0. The highest BCUT2D eigenvalue weighted by molar-refractivity contribution is 5.80. The number of hydrogen-bond acceptors (Lipinski definition) is 32. The van der Waals surface area contributed by atoms with E-state index >= 15 is 4.79 Å². The Kier molecular flexibility index (Phi) is 21.1.